The zero-order chi connectivity index (χ0) is 83.5. The Morgan fingerprint density at radius 1 is 0.477 bits per heavy atom. The molecule has 4 N–H and O–H groups in total. The lowest BCUT2D eigenvalue weighted by Gasteiger charge is -2.38. The van der Waals surface area contributed by atoms with Crippen LogP contribution in [-0.2, 0) is 19.2 Å². The highest BCUT2D eigenvalue weighted by molar-refractivity contribution is 5.93. The second-order valence-corrected chi connectivity index (χ2v) is 32.2. The first-order chi connectivity index (χ1) is 52.0. The average Bonchev–Trinajstić information content (AvgIpc) is 1.66. The van der Waals surface area contributed by atoms with Crippen molar-refractivity contribution in [2.75, 3.05) is 42.1 Å². The lowest BCUT2D eigenvalue weighted by Crippen LogP contribution is -2.54. The van der Waals surface area contributed by atoms with Crippen LogP contribution in [0.5, 0.6) is 0 Å². The molecule has 1 aliphatic rings. The number of pyridine rings is 4. The van der Waals surface area contributed by atoms with Crippen molar-refractivity contribution in [3.05, 3.63) is 148 Å². The largest absolute Gasteiger partial charge is 0.402 e. The van der Waals surface area contributed by atoms with Crippen molar-refractivity contribution in [3.8, 4) is 0 Å². The molecule has 0 aromatic carbocycles. The van der Waals surface area contributed by atoms with Gasteiger partial charge in [-0.2, -0.15) is 18.7 Å². The van der Waals surface area contributed by atoms with Crippen LogP contribution >= 0.6 is 0 Å². The molecule has 111 heavy (non-hydrogen) atoms. The van der Waals surface area contributed by atoms with E-state index in [0.717, 1.165) is 69.9 Å². The van der Waals surface area contributed by atoms with Gasteiger partial charge in [0.2, 0.25) is 41.4 Å². The monoisotopic (exact) mass is 1530 g/mol. The molecule has 0 spiro atoms. The van der Waals surface area contributed by atoms with Crippen LogP contribution in [-0.4, -0.2) is 107 Å². The van der Waals surface area contributed by atoms with Gasteiger partial charge < -0.3 is 19.5 Å². The summed E-state index contributed by atoms with van der Waals surface area (Å²) in [5, 5.41) is 11.4. The van der Waals surface area contributed by atoms with Crippen LogP contribution in [0.3, 0.4) is 0 Å². The van der Waals surface area contributed by atoms with Crippen molar-refractivity contribution in [1.29, 1.82) is 0 Å². The van der Waals surface area contributed by atoms with Crippen molar-refractivity contribution in [1.82, 2.24) is 34.0 Å². The molecule has 0 saturated carbocycles. The molecule has 25 heteroatoms. The van der Waals surface area contributed by atoms with Gasteiger partial charge in [0.25, 0.3) is 18.5 Å². The minimum atomic E-state index is -0.0998. The Hall–Kier alpha value is -10.0. The number of carbonyl (C=O) groups is 7. The molecule has 10 heterocycles. The van der Waals surface area contributed by atoms with Gasteiger partial charge in [0.15, 0.2) is 36.2 Å². The molecule has 604 valence electrons. The lowest BCUT2D eigenvalue weighted by atomic mass is 10.2. The zero-order valence-corrected chi connectivity index (χ0v) is 71.8. The minimum absolute atomic E-state index is 0.00539. The van der Waals surface area contributed by atoms with Crippen LogP contribution in [0.15, 0.2) is 152 Å². The van der Waals surface area contributed by atoms with Crippen LogP contribution < -0.4 is 48.7 Å². The number of quaternary nitrogens is 1. The second-order valence-electron chi connectivity index (χ2n) is 32.2. The number of hydrogen-bond donors (Lipinski definition) is 4. The zero-order valence-electron chi connectivity index (χ0n) is 71.8. The Labute approximate surface area is 660 Å². The summed E-state index contributed by atoms with van der Waals surface area (Å²) in [6.45, 7) is 60.1. The van der Waals surface area contributed by atoms with Crippen LogP contribution in [0.25, 0.3) is 33.4 Å². The van der Waals surface area contributed by atoms with Crippen LogP contribution in [0.4, 0.5) is 17.5 Å². The number of aromatic nitrogens is 12. The van der Waals surface area contributed by atoms with Crippen molar-refractivity contribution in [2.45, 2.75) is 236 Å². The highest BCUT2D eigenvalue weighted by Gasteiger charge is 2.32. The number of anilines is 3. The lowest BCUT2D eigenvalue weighted by molar-refractivity contribution is -0.931. The fraction of sp³-hybridized carbons (Fsp3) is 0.535. The summed E-state index contributed by atoms with van der Waals surface area (Å²) in [5.74, 6) is 1.35. The standard InChI is InChI=1S/C14H19N2O.C13H17N3O2.C13H18N3O.C13H24N2O.C12H18N2O.C11H17N3O.C10H17N2O/c1-10(2)14(17)16-9-7-13-12(16)6-5-8-15(13)11(3)4;1-8(2)11(17)15-13-14-10-6-5-7-16(9(3)4)12(10)18-13;1-9(2)13(17)16-8-14-12-11(16)6-5-7-15(12)10(3)4;1-11(2)13(16)14-7-10-15(12(3)4)8-5-6-9-15;1-9(2)12(15)13-11-7-5-6-8-14(11)10(3)4;1-8(2)11(15)13-10-5-12-7-14(6-10)9(3)4;1-8(2)10(13)12-6-5-11(7-12)9(3)4/h5-11H,1-4H3;5-9H,1-4H3;5-10H,1-4H3;5-6,11-12H,7-10H2,1-4H3;5-10H,1-4H3;5-9H,1-4H3;5-9H,1-4H3/q+1;;+1;;;;+1/p+4. The summed E-state index contributed by atoms with van der Waals surface area (Å²) in [6, 6.07) is 22.4. The maximum Gasteiger partial charge on any atom is 0.402 e. The van der Waals surface area contributed by atoms with Gasteiger partial charge in [-0.05, 0) is 144 Å². The summed E-state index contributed by atoms with van der Waals surface area (Å²) in [6.07, 6.45) is 26.8. The Morgan fingerprint density at radius 2 is 0.982 bits per heavy atom. The summed E-state index contributed by atoms with van der Waals surface area (Å²) >= 11 is 0. The van der Waals surface area contributed by atoms with Crippen molar-refractivity contribution in [3.63, 3.8) is 0 Å². The first kappa shape index (κ1) is 93.3. The summed E-state index contributed by atoms with van der Waals surface area (Å²) in [7, 11) is 0. The number of hydrogen-bond acceptors (Lipinski definition) is 11. The molecule has 0 fully saturated rings. The van der Waals surface area contributed by atoms with E-state index in [1.807, 2.05) is 226 Å². The van der Waals surface area contributed by atoms with E-state index in [1.54, 1.807) is 32.6 Å². The quantitative estimate of drug-likeness (QED) is 0.0317. The minimum Gasteiger partial charge on any atom is -0.368 e. The third kappa shape index (κ3) is 27.7. The van der Waals surface area contributed by atoms with E-state index < -0.39 is 0 Å². The molecular weight excluding hydrogens is 1400 g/mol. The Bertz CT molecular complexity index is 4400. The van der Waals surface area contributed by atoms with E-state index in [0.29, 0.717) is 42.0 Å². The third-order valence-corrected chi connectivity index (χ3v) is 18.4. The van der Waals surface area contributed by atoms with Gasteiger partial charge in [-0.1, -0.05) is 108 Å². The smallest absolute Gasteiger partial charge is 0.368 e. The van der Waals surface area contributed by atoms with Gasteiger partial charge in [0.1, 0.15) is 35.3 Å². The normalized spacial score (nSPS) is 12.3. The SMILES string of the molecule is CC(C)C(=O)NCC[N+]1(C(C)C)CC=CC1.CC(C)C(=O)Nc1cccc[n+]1C(C)C.CC(C)C(=O)Nc1cnc[n+](C(C)C)c1.CC(C)C(=O)Nc1nc2ccc[n+](C(C)C)c2o1.CC(C)C(=O)n1cc[n+](C(C)C)c1.CC(C)C(=O)n1ccc2c1ccc[n+]2C(C)C.CC(C)C(=O)n1cnc2c1ccc[n+]2C(C)C. The maximum absolute atomic E-state index is 12.1. The van der Waals surface area contributed by atoms with E-state index in [4.69, 9.17) is 4.42 Å². The molecule has 0 atom stereocenters. The summed E-state index contributed by atoms with van der Waals surface area (Å²) < 4.78 is 24.0. The topological polar surface area (TPSA) is 257 Å². The highest BCUT2D eigenvalue weighted by atomic mass is 16.4. The van der Waals surface area contributed by atoms with Crippen molar-refractivity contribution in [2.24, 2.45) is 41.4 Å². The first-order valence-corrected chi connectivity index (χ1v) is 39.5. The molecule has 0 radical (unpaired) electrons. The van der Waals surface area contributed by atoms with Crippen molar-refractivity contribution >= 4 is 92.3 Å². The maximum atomic E-state index is 12.1. The van der Waals surface area contributed by atoms with Gasteiger partial charge in [0.05, 0.1) is 80.6 Å². The number of fused-ring (bicyclic) bond motifs is 3. The van der Waals surface area contributed by atoms with E-state index in [9.17, 15) is 33.6 Å². The number of nitrogens with zero attached hydrogens (tertiary/aromatic N) is 13. The van der Waals surface area contributed by atoms with E-state index in [-0.39, 0.29) is 94.8 Å². The van der Waals surface area contributed by atoms with E-state index >= 15 is 0 Å². The van der Waals surface area contributed by atoms with E-state index in [1.165, 1.54) is 0 Å². The highest BCUT2D eigenvalue weighted by Crippen LogP contribution is 2.21. The molecule has 4 amide bonds. The van der Waals surface area contributed by atoms with Crippen LogP contribution in [0, 0.1) is 41.4 Å². The molecular formula is C86H134N17O8+7. The number of amides is 4. The Kier molecular flexibility index (Phi) is 37.1. The molecule has 1 aliphatic heterocycles. The van der Waals surface area contributed by atoms with Crippen molar-refractivity contribution < 1.29 is 69.9 Å². The molecule has 0 aliphatic carbocycles. The molecule has 0 bridgehead atoms. The molecule has 10 rings (SSSR count). The number of rotatable bonds is 20. The predicted molar refractivity (Wildman–Crippen MR) is 438 cm³/mol. The van der Waals surface area contributed by atoms with Gasteiger partial charge in [0, 0.05) is 60.1 Å². The van der Waals surface area contributed by atoms with Gasteiger partial charge in [-0.15, -0.1) is 0 Å². The molecule has 0 saturated heterocycles. The average molecular weight is 1530 g/mol. The molecule has 0 unspecified atom stereocenters. The third-order valence-electron chi connectivity index (χ3n) is 18.4. The summed E-state index contributed by atoms with van der Waals surface area (Å²) in [4.78, 5) is 94.3. The summed E-state index contributed by atoms with van der Waals surface area (Å²) in [5.41, 5.74) is 5.98. The predicted octanol–water partition coefficient (Wildman–Crippen LogP) is 14.2. The van der Waals surface area contributed by atoms with Crippen LogP contribution in [0.1, 0.15) is 244 Å². The number of nitrogens with one attached hydrogen (secondary N) is 4. The van der Waals surface area contributed by atoms with Crippen LogP contribution in [0.2, 0.25) is 0 Å². The second kappa shape index (κ2) is 44.1. The fourth-order valence-electron chi connectivity index (χ4n) is 11.1. The fourth-order valence-corrected chi connectivity index (χ4v) is 11.1. The van der Waals surface area contributed by atoms with Gasteiger partial charge in [-0.25, -0.2) is 37.7 Å². The Balaban J connectivity index is 0.000000274. The molecule has 25 nitrogen and oxygen atoms in total. The van der Waals surface area contributed by atoms with Gasteiger partial charge >= 0.3 is 29.2 Å². The Morgan fingerprint density at radius 3 is 1.50 bits per heavy atom. The molecule has 9 aromatic rings. The number of oxazole rings is 1. The van der Waals surface area contributed by atoms with E-state index in [2.05, 4.69) is 161 Å². The van der Waals surface area contributed by atoms with Gasteiger partial charge in [-0.3, -0.25) is 33.9 Å². The first-order valence-electron chi connectivity index (χ1n) is 39.5. The number of imidazole rings is 2. The number of carbonyl (C=O) groups excluding carboxylic acids is 7. The molecule has 9 aromatic heterocycles.